The molecule has 6 nitrogen and oxygen atoms in total. The zero-order valence-corrected chi connectivity index (χ0v) is 17.2. The number of hydrogen-bond acceptors (Lipinski definition) is 5. The maximum Gasteiger partial charge on any atom is 0.230 e. The van der Waals surface area contributed by atoms with Gasteiger partial charge in [0.1, 0.15) is 5.75 Å². The SMILES string of the molecule is CCn1c(SCC(=O)NC2CCCC2)nnc1C(C)Oc1cccc(Cl)c1. The summed E-state index contributed by atoms with van der Waals surface area (Å²) >= 11 is 7.42. The molecule has 1 aromatic heterocycles. The van der Waals surface area contributed by atoms with Crippen LogP contribution in [0.4, 0.5) is 0 Å². The molecule has 0 saturated heterocycles. The number of amides is 1. The number of rotatable bonds is 8. The van der Waals surface area contributed by atoms with Crippen LogP contribution in [0.5, 0.6) is 5.75 Å². The quantitative estimate of drug-likeness (QED) is 0.661. The van der Waals surface area contributed by atoms with Crippen LogP contribution in [0.25, 0.3) is 0 Å². The molecule has 1 aliphatic rings. The van der Waals surface area contributed by atoms with Crippen molar-refractivity contribution >= 4 is 29.3 Å². The Balaban J connectivity index is 1.60. The molecular formula is C19H25ClN4O2S. The number of ether oxygens (including phenoxy) is 1. The minimum atomic E-state index is -0.280. The minimum absolute atomic E-state index is 0.0577. The Bertz CT molecular complexity index is 777. The van der Waals surface area contributed by atoms with Crippen molar-refractivity contribution in [3.63, 3.8) is 0 Å². The van der Waals surface area contributed by atoms with Gasteiger partial charge >= 0.3 is 0 Å². The Morgan fingerprint density at radius 1 is 1.41 bits per heavy atom. The van der Waals surface area contributed by atoms with E-state index in [-0.39, 0.29) is 12.0 Å². The van der Waals surface area contributed by atoms with E-state index in [4.69, 9.17) is 16.3 Å². The molecule has 0 radical (unpaired) electrons. The molecule has 1 unspecified atom stereocenters. The lowest BCUT2D eigenvalue weighted by Gasteiger charge is -2.16. The van der Waals surface area contributed by atoms with Crippen molar-refractivity contribution < 1.29 is 9.53 Å². The summed E-state index contributed by atoms with van der Waals surface area (Å²) in [5.74, 6) is 1.82. The summed E-state index contributed by atoms with van der Waals surface area (Å²) in [7, 11) is 0. The van der Waals surface area contributed by atoms with Gasteiger partial charge in [-0.25, -0.2) is 0 Å². The fraction of sp³-hybridized carbons (Fsp3) is 0.526. The lowest BCUT2D eigenvalue weighted by Crippen LogP contribution is -2.33. The monoisotopic (exact) mass is 408 g/mol. The summed E-state index contributed by atoms with van der Waals surface area (Å²) in [4.78, 5) is 12.2. The fourth-order valence-corrected chi connectivity index (χ4v) is 4.27. The van der Waals surface area contributed by atoms with E-state index in [1.807, 2.05) is 30.5 Å². The molecular weight excluding hydrogens is 384 g/mol. The second-order valence-electron chi connectivity index (χ2n) is 6.64. The van der Waals surface area contributed by atoms with Crippen molar-refractivity contribution in [3.05, 3.63) is 35.1 Å². The van der Waals surface area contributed by atoms with Gasteiger partial charge in [-0.3, -0.25) is 4.79 Å². The van der Waals surface area contributed by atoms with Crippen LogP contribution >= 0.6 is 23.4 Å². The Hall–Kier alpha value is -1.73. The van der Waals surface area contributed by atoms with E-state index < -0.39 is 0 Å². The smallest absolute Gasteiger partial charge is 0.230 e. The molecule has 1 aliphatic carbocycles. The lowest BCUT2D eigenvalue weighted by atomic mass is 10.2. The third-order valence-electron chi connectivity index (χ3n) is 4.59. The average Bonchev–Trinajstić information content (AvgIpc) is 3.29. The van der Waals surface area contributed by atoms with Crippen LogP contribution in [0, 0.1) is 0 Å². The third kappa shape index (κ3) is 5.39. The molecule has 0 aliphatic heterocycles. The summed E-state index contributed by atoms with van der Waals surface area (Å²) in [6, 6.07) is 7.62. The molecule has 1 fully saturated rings. The van der Waals surface area contributed by atoms with Crippen molar-refractivity contribution in [1.82, 2.24) is 20.1 Å². The van der Waals surface area contributed by atoms with Gasteiger partial charge in [0.15, 0.2) is 17.1 Å². The fourth-order valence-electron chi connectivity index (χ4n) is 3.27. The summed E-state index contributed by atoms with van der Waals surface area (Å²) in [6.45, 7) is 4.66. The van der Waals surface area contributed by atoms with Crippen LogP contribution in [0.15, 0.2) is 29.4 Å². The van der Waals surface area contributed by atoms with E-state index in [1.165, 1.54) is 24.6 Å². The Morgan fingerprint density at radius 2 is 2.19 bits per heavy atom. The number of carbonyl (C=O) groups is 1. The van der Waals surface area contributed by atoms with Crippen molar-refractivity contribution in [2.75, 3.05) is 5.75 Å². The zero-order valence-electron chi connectivity index (χ0n) is 15.7. The Labute approximate surface area is 169 Å². The second-order valence-corrected chi connectivity index (χ2v) is 8.02. The molecule has 1 saturated carbocycles. The van der Waals surface area contributed by atoms with Crippen LogP contribution < -0.4 is 10.1 Å². The summed E-state index contributed by atoms with van der Waals surface area (Å²) in [6.07, 6.45) is 4.30. The first-order chi connectivity index (χ1) is 13.1. The molecule has 1 heterocycles. The molecule has 2 aromatic rings. The van der Waals surface area contributed by atoms with Crippen LogP contribution in [0.1, 0.15) is 51.5 Å². The summed E-state index contributed by atoms with van der Waals surface area (Å²) < 4.78 is 7.94. The highest BCUT2D eigenvalue weighted by atomic mass is 35.5. The van der Waals surface area contributed by atoms with Gasteiger partial charge in [-0.1, -0.05) is 42.3 Å². The van der Waals surface area contributed by atoms with Crippen LogP contribution in [0.3, 0.4) is 0 Å². The number of hydrogen-bond donors (Lipinski definition) is 1. The van der Waals surface area contributed by atoms with Crippen molar-refractivity contribution in [2.45, 2.75) is 63.4 Å². The normalized spacial score (nSPS) is 15.7. The van der Waals surface area contributed by atoms with Crippen LogP contribution in [0.2, 0.25) is 5.02 Å². The van der Waals surface area contributed by atoms with E-state index in [9.17, 15) is 4.79 Å². The first-order valence-corrected chi connectivity index (χ1v) is 10.7. The van der Waals surface area contributed by atoms with Gasteiger partial charge in [0, 0.05) is 17.6 Å². The molecule has 1 N–H and O–H groups in total. The van der Waals surface area contributed by atoms with E-state index in [0.717, 1.165) is 23.8 Å². The van der Waals surface area contributed by atoms with E-state index in [1.54, 1.807) is 12.1 Å². The van der Waals surface area contributed by atoms with Gasteiger partial charge in [0.25, 0.3) is 0 Å². The lowest BCUT2D eigenvalue weighted by molar-refractivity contribution is -0.119. The van der Waals surface area contributed by atoms with Crippen molar-refractivity contribution in [3.8, 4) is 5.75 Å². The number of benzene rings is 1. The third-order valence-corrected chi connectivity index (χ3v) is 5.79. The van der Waals surface area contributed by atoms with Crippen LogP contribution in [-0.4, -0.2) is 32.5 Å². The van der Waals surface area contributed by atoms with Gasteiger partial charge in [0.05, 0.1) is 5.75 Å². The van der Waals surface area contributed by atoms with Gasteiger partial charge in [-0.05, 0) is 44.9 Å². The minimum Gasteiger partial charge on any atom is -0.483 e. The zero-order chi connectivity index (χ0) is 19.2. The maximum absolute atomic E-state index is 12.2. The maximum atomic E-state index is 12.2. The molecule has 8 heteroatoms. The topological polar surface area (TPSA) is 69.0 Å². The molecule has 1 atom stereocenters. The molecule has 146 valence electrons. The number of nitrogens with one attached hydrogen (secondary N) is 1. The highest BCUT2D eigenvalue weighted by molar-refractivity contribution is 7.99. The molecule has 27 heavy (non-hydrogen) atoms. The summed E-state index contributed by atoms with van der Waals surface area (Å²) in [5, 5.41) is 13.0. The highest BCUT2D eigenvalue weighted by Gasteiger charge is 2.21. The summed E-state index contributed by atoms with van der Waals surface area (Å²) in [5.41, 5.74) is 0. The van der Waals surface area contributed by atoms with Crippen molar-refractivity contribution in [2.24, 2.45) is 0 Å². The van der Waals surface area contributed by atoms with E-state index in [2.05, 4.69) is 15.5 Å². The molecule has 3 rings (SSSR count). The molecule has 1 aromatic carbocycles. The first kappa shape index (κ1) is 20.0. The van der Waals surface area contributed by atoms with E-state index >= 15 is 0 Å². The molecule has 0 spiro atoms. The standard InChI is InChI=1S/C19H25ClN4O2S/c1-3-24-18(13(2)26-16-10-6-7-14(20)11-16)22-23-19(24)27-12-17(25)21-15-8-4-5-9-15/h6-7,10-11,13,15H,3-5,8-9,12H2,1-2H3,(H,21,25). The number of nitrogens with zero attached hydrogens (tertiary/aromatic N) is 3. The highest BCUT2D eigenvalue weighted by Crippen LogP contribution is 2.26. The van der Waals surface area contributed by atoms with Gasteiger partial charge in [-0.15, -0.1) is 10.2 Å². The van der Waals surface area contributed by atoms with Crippen LogP contribution in [-0.2, 0) is 11.3 Å². The second kappa shape index (κ2) is 9.46. The molecule has 0 bridgehead atoms. The molecule has 1 amide bonds. The first-order valence-electron chi connectivity index (χ1n) is 9.34. The number of aromatic nitrogens is 3. The van der Waals surface area contributed by atoms with Gasteiger partial charge in [-0.2, -0.15) is 0 Å². The van der Waals surface area contributed by atoms with E-state index in [0.29, 0.717) is 29.1 Å². The van der Waals surface area contributed by atoms with Gasteiger partial charge in [0.2, 0.25) is 5.91 Å². The predicted octanol–water partition coefficient (Wildman–Crippen LogP) is 4.24. The number of carbonyl (C=O) groups excluding carboxylic acids is 1. The Morgan fingerprint density at radius 3 is 2.89 bits per heavy atom. The average molecular weight is 409 g/mol. The predicted molar refractivity (Wildman–Crippen MR) is 107 cm³/mol. The number of halogens is 1. The largest absolute Gasteiger partial charge is 0.483 e. The van der Waals surface area contributed by atoms with Gasteiger partial charge < -0.3 is 14.6 Å². The van der Waals surface area contributed by atoms with Crippen molar-refractivity contribution in [1.29, 1.82) is 0 Å². The Kier molecular flexibility index (Phi) is 7.01. The number of thioether (sulfide) groups is 1.